The number of sulfone groups is 1. The lowest BCUT2D eigenvalue weighted by atomic mass is 9.67. The third kappa shape index (κ3) is 3.22. The molecule has 1 amide bonds. The Morgan fingerprint density at radius 2 is 2.00 bits per heavy atom. The number of amides is 1. The Labute approximate surface area is 144 Å². The predicted molar refractivity (Wildman–Crippen MR) is 93.4 cm³/mol. The van der Waals surface area contributed by atoms with E-state index in [2.05, 4.69) is 10.6 Å². The van der Waals surface area contributed by atoms with E-state index in [1.54, 1.807) is 24.3 Å². The molecule has 0 bridgehead atoms. The summed E-state index contributed by atoms with van der Waals surface area (Å²) in [6.07, 6.45) is 5.60. The Kier molecular flexibility index (Phi) is 4.71. The minimum Gasteiger partial charge on any atom is -0.349 e. The Hall–Kier alpha value is -1.40. The highest BCUT2D eigenvalue weighted by Crippen LogP contribution is 2.44. The predicted octanol–water partition coefficient (Wildman–Crippen LogP) is 2.05. The van der Waals surface area contributed by atoms with Crippen LogP contribution in [0.2, 0.25) is 0 Å². The van der Waals surface area contributed by atoms with Gasteiger partial charge in [-0.2, -0.15) is 0 Å². The SMILES string of the molecule is CC(NC(=O)[C@@]12CCCC[C@H]1CNC2)c1ccc(S(C)(=O)=O)cc1. The molecular formula is C18H26N2O3S. The minimum atomic E-state index is -3.19. The van der Waals surface area contributed by atoms with Crippen molar-refractivity contribution in [3.8, 4) is 0 Å². The van der Waals surface area contributed by atoms with Crippen molar-refractivity contribution in [2.75, 3.05) is 19.3 Å². The molecule has 0 radical (unpaired) electrons. The monoisotopic (exact) mass is 350 g/mol. The Morgan fingerprint density at radius 3 is 2.67 bits per heavy atom. The van der Waals surface area contributed by atoms with Crippen LogP contribution >= 0.6 is 0 Å². The minimum absolute atomic E-state index is 0.135. The first kappa shape index (κ1) is 17.4. The molecule has 24 heavy (non-hydrogen) atoms. The fourth-order valence-corrected chi connectivity index (χ4v) is 4.75. The van der Waals surface area contributed by atoms with E-state index in [0.717, 1.165) is 37.9 Å². The van der Waals surface area contributed by atoms with Crippen molar-refractivity contribution >= 4 is 15.7 Å². The molecule has 2 aliphatic rings. The molecule has 2 fully saturated rings. The number of carbonyl (C=O) groups is 1. The number of nitrogens with one attached hydrogen (secondary N) is 2. The topological polar surface area (TPSA) is 75.3 Å². The summed E-state index contributed by atoms with van der Waals surface area (Å²) in [6.45, 7) is 3.65. The third-order valence-electron chi connectivity index (χ3n) is 5.65. The van der Waals surface area contributed by atoms with Gasteiger partial charge in [-0.15, -0.1) is 0 Å². The second-order valence-electron chi connectivity index (χ2n) is 7.27. The van der Waals surface area contributed by atoms with E-state index in [1.807, 2.05) is 6.92 Å². The van der Waals surface area contributed by atoms with E-state index in [-0.39, 0.29) is 17.4 Å². The molecule has 1 aliphatic carbocycles. The average molecular weight is 350 g/mol. The Balaban J connectivity index is 1.72. The van der Waals surface area contributed by atoms with E-state index >= 15 is 0 Å². The highest BCUT2D eigenvalue weighted by molar-refractivity contribution is 7.90. The van der Waals surface area contributed by atoms with E-state index < -0.39 is 9.84 Å². The van der Waals surface area contributed by atoms with Gasteiger partial charge in [0.2, 0.25) is 5.91 Å². The highest BCUT2D eigenvalue weighted by Gasteiger charge is 2.49. The van der Waals surface area contributed by atoms with E-state index in [9.17, 15) is 13.2 Å². The molecule has 0 aromatic heterocycles. The van der Waals surface area contributed by atoms with Gasteiger partial charge in [-0.3, -0.25) is 4.79 Å². The zero-order valence-corrected chi connectivity index (χ0v) is 15.2. The number of carbonyl (C=O) groups excluding carboxylic acids is 1. The van der Waals surface area contributed by atoms with Crippen molar-refractivity contribution in [3.05, 3.63) is 29.8 Å². The second-order valence-corrected chi connectivity index (χ2v) is 9.28. The van der Waals surface area contributed by atoms with Gasteiger partial charge in [0.1, 0.15) is 0 Å². The van der Waals surface area contributed by atoms with Crippen molar-refractivity contribution in [2.45, 2.75) is 43.5 Å². The van der Waals surface area contributed by atoms with Gasteiger partial charge >= 0.3 is 0 Å². The van der Waals surface area contributed by atoms with Crippen molar-refractivity contribution in [1.29, 1.82) is 0 Å². The van der Waals surface area contributed by atoms with Crippen LogP contribution in [0.1, 0.15) is 44.2 Å². The average Bonchev–Trinajstić information content (AvgIpc) is 2.99. The molecule has 1 saturated carbocycles. The molecule has 1 aromatic carbocycles. The number of hydrogen-bond acceptors (Lipinski definition) is 4. The molecular weight excluding hydrogens is 324 g/mol. The van der Waals surface area contributed by atoms with Crippen LogP contribution in [0.4, 0.5) is 0 Å². The van der Waals surface area contributed by atoms with Crippen LogP contribution in [0, 0.1) is 11.3 Å². The lowest BCUT2D eigenvalue weighted by Crippen LogP contribution is -2.48. The summed E-state index contributed by atoms with van der Waals surface area (Å²) in [5.74, 6) is 0.572. The molecule has 2 N–H and O–H groups in total. The molecule has 1 aromatic rings. The van der Waals surface area contributed by atoms with Gasteiger partial charge < -0.3 is 10.6 Å². The number of hydrogen-bond donors (Lipinski definition) is 2. The van der Waals surface area contributed by atoms with Crippen LogP contribution in [-0.4, -0.2) is 33.7 Å². The molecule has 1 heterocycles. The summed E-state index contributed by atoms with van der Waals surface area (Å²) >= 11 is 0. The first-order valence-electron chi connectivity index (χ1n) is 8.65. The molecule has 132 valence electrons. The lowest BCUT2D eigenvalue weighted by molar-refractivity contribution is -0.134. The second kappa shape index (κ2) is 6.48. The highest BCUT2D eigenvalue weighted by atomic mass is 32.2. The van der Waals surface area contributed by atoms with Gasteiger partial charge in [0.15, 0.2) is 9.84 Å². The van der Waals surface area contributed by atoms with Crippen molar-refractivity contribution in [2.24, 2.45) is 11.3 Å². The smallest absolute Gasteiger partial charge is 0.228 e. The Bertz CT molecular complexity index is 714. The molecule has 0 spiro atoms. The summed E-state index contributed by atoms with van der Waals surface area (Å²) in [7, 11) is -3.19. The van der Waals surface area contributed by atoms with Crippen LogP contribution < -0.4 is 10.6 Å². The normalized spacial score (nSPS) is 28.2. The summed E-state index contributed by atoms with van der Waals surface area (Å²) in [5.41, 5.74) is 0.657. The molecule has 1 saturated heterocycles. The lowest BCUT2D eigenvalue weighted by Gasteiger charge is -2.38. The van der Waals surface area contributed by atoms with Gasteiger partial charge in [0, 0.05) is 12.8 Å². The van der Waals surface area contributed by atoms with E-state index in [4.69, 9.17) is 0 Å². The number of rotatable bonds is 4. The van der Waals surface area contributed by atoms with Crippen molar-refractivity contribution in [1.82, 2.24) is 10.6 Å². The maximum absolute atomic E-state index is 13.0. The Morgan fingerprint density at radius 1 is 1.29 bits per heavy atom. The van der Waals surface area contributed by atoms with Gasteiger partial charge in [0.25, 0.3) is 0 Å². The summed E-state index contributed by atoms with van der Waals surface area (Å²) in [4.78, 5) is 13.3. The zero-order valence-electron chi connectivity index (χ0n) is 14.3. The molecule has 5 nitrogen and oxygen atoms in total. The quantitative estimate of drug-likeness (QED) is 0.871. The first-order valence-corrected chi connectivity index (χ1v) is 10.5. The molecule has 3 atom stereocenters. The van der Waals surface area contributed by atoms with E-state index in [0.29, 0.717) is 10.8 Å². The van der Waals surface area contributed by atoms with Crippen LogP contribution in [0.5, 0.6) is 0 Å². The van der Waals surface area contributed by atoms with Crippen molar-refractivity contribution in [3.63, 3.8) is 0 Å². The van der Waals surface area contributed by atoms with Crippen molar-refractivity contribution < 1.29 is 13.2 Å². The standard InChI is InChI=1S/C18H26N2O3S/c1-13(14-6-8-16(9-7-14)24(2,22)23)20-17(21)18-10-4-3-5-15(18)11-19-12-18/h6-9,13,15,19H,3-5,10-12H2,1-2H3,(H,20,21)/t13?,15-,18+/m0/s1. The van der Waals surface area contributed by atoms with Gasteiger partial charge in [0.05, 0.1) is 16.4 Å². The van der Waals surface area contributed by atoms with Crippen LogP contribution in [-0.2, 0) is 14.6 Å². The summed E-state index contributed by atoms with van der Waals surface area (Å²) in [6, 6.07) is 6.64. The fourth-order valence-electron chi connectivity index (χ4n) is 4.12. The van der Waals surface area contributed by atoms with Gasteiger partial charge in [-0.1, -0.05) is 25.0 Å². The maximum Gasteiger partial charge on any atom is 0.228 e. The molecule has 6 heteroatoms. The van der Waals surface area contributed by atoms with E-state index in [1.165, 1.54) is 12.7 Å². The van der Waals surface area contributed by atoms with Gasteiger partial charge in [-0.05, 0) is 49.9 Å². The fraction of sp³-hybridized carbons (Fsp3) is 0.611. The maximum atomic E-state index is 13.0. The first-order chi connectivity index (χ1) is 11.3. The van der Waals surface area contributed by atoms with Crippen LogP contribution in [0.15, 0.2) is 29.2 Å². The zero-order chi connectivity index (χ0) is 17.4. The van der Waals surface area contributed by atoms with Crippen LogP contribution in [0.25, 0.3) is 0 Å². The van der Waals surface area contributed by atoms with Crippen LogP contribution in [0.3, 0.4) is 0 Å². The molecule has 3 rings (SSSR count). The summed E-state index contributed by atoms with van der Waals surface area (Å²) < 4.78 is 23.1. The number of benzene rings is 1. The molecule has 1 aliphatic heterocycles. The third-order valence-corrected chi connectivity index (χ3v) is 6.77. The van der Waals surface area contributed by atoms with Gasteiger partial charge in [-0.25, -0.2) is 8.42 Å². The number of fused-ring (bicyclic) bond motifs is 1. The molecule has 1 unspecified atom stereocenters. The summed E-state index contributed by atoms with van der Waals surface area (Å²) in [5, 5.41) is 6.55. The largest absolute Gasteiger partial charge is 0.349 e.